The average Bonchev–Trinajstić information content (AvgIpc) is 3.46. The average molecular weight is 403 g/mol. The molecule has 1 aliphatic rings. The molecule has 0 bridgehead atoms. The van der Waals surface area contributed by atoms with Gasteiger partial charge < -0.3 is 9.88 Å². The van der Waals surface area contributed by atoms with Gasteiger partial charge in [0, 0.05) is 42.8 Å². The minimum atomic E-state index is -0.142. The van der Waals surface area contributed by atoms with Crippen molar-refractivity contribution in [3.8, 4) is 5.82 Å². The minimum Gasteiger partial charge on any atom is -0.360 e. The van der Waals surface area contributed by atoms with Gasteiger partial charge in [0.15, 0.2) is 5.82 Å². The molecule has 0 atom stereocenters. The van der Waals surface area contributed by atoms with E-state index in [1.807, 2.05) is 29.2 Å². The Kier molecular flexibility index (Phi) is 4.62. The van der Waals surface area contributed by atoms with Crippen LogP contribution in [0.1, 0.15) is 23.2 Å². The standard InChI is InChI=1S/C21H21N7O2/c29-20-6-5-19(28-14-22-13-24-28)25-27(20)12-15-7-9-26(10-8-15)21(30)17-11-23-18-4-2-1-3-16(17)18/h1-6,11,13-15,23H,7-10,12H2. The smallest absolute Gasteiger partial charge is 0.266 e. The van der Waals surface area contributed by atoms with Gasteiger partial charge in [0.2, 0.25) is 0 Å². The lowest BCUT2D eigenvalue weighted by atomic mass is 9.96. The molecule has 3 aromatic heterocycles. The summed E-state index contributed by atoms with van der Waals surface area (Å²) in [4.78, 5) is 34.2. The zero-order chi connectivity index (χ0) is 20.5. The van der Waals surface area contributed by atoms with Crippen molar-refractivity contribution >= 4 is 16.8 Å². The van der Waals surface area contributed by atoms with Crippen molar-refractivity contribution in [2.45, 2.75) is 19.4 Å². The summed E-state index contributed by atoms with van der Waals surface area (Å²) in [6.07, 6.45) is 6.42. The Bertz CT molecular complexity index is 1230. The molecular weight excluding hydrogens is 382 g/mol. The van der Waals surface area contributed by atoms with E-state index in [9.17, 15) is 9.59 Å². The second-order valence-electron chi connectivity index (χ2n) is 7.54. The number of para-hydroxylation sites is 1. The van der Waals surface area contributed by atoms with Crippen LogP contribution in [0.15, 0.2) is 60.0 Å². The maximum atomic E-state index is 13.0. The molecule has 1 N–H and O–H groups in total. The number of fused-ring (bicyclic) bond motifs is 1. The number of benzene rings is 1. The van der Waals surface area contributed by atoms with Gasteiger partial charge in [0.25, 0.3) is 11.5 Å². The van der Waals surface area contributed by atoms with E-state index < -0.39 is 0 Å². The highest BCUT2D eigenvalue weighted by molar-refractivity contribution is 6.06. The van der Waals surface area contributed by atoms with E-state index in [4.69, 9.17) is 0 Å². The van der Waals surface area contributed by atoms with E-state index in [-0.39, 0.29) is 17.4 Å². The molecule has 0 unspecified atom stereocenters. The first-order valence-electron chi connectivity index (χ1n) is 9.97. The molecule has 152 valence electrons. The van der Waals surface area contributed by atoms with Crippen LogP contribution in [0, 0.1) is 5.92 Å². The molecule has 9 nitrogen and oxygen atoms in total. The number of carbonyl (C=O) groups is 1. The Labute approximate surface area is 172 Å². The highest BCUT2D eigenvalue weighted by atomic mass is 16.2. The summed E-state index contributed by atoms with van der Waals surface area (Å²) in [5, 5.41) is 9.43. The largest absolute Gasteiger partial charge is 0.360 e. The summed E-state index contributed by atoms with van der Waals surface area (Å²) in [6.45, 7) is 1.86. The lowest BCUT2D eigenvalue weighted by Crippen LogP contribution is -2.40. The molecule has 1 saturated heterocycles. The molecule has 1 aliphatic heterocycles. The maximum Gasteiger partial charge on any atom is 0.266 e. The monoisotopic (exact) mass is 403 g/mol. The van der Waals surface area contributed by atoms with Gasteiger partial charge in [0.05, 0.1) is 5.56 Å². The van der Waals surface area contributed by atoms with Crippen LogP contribution in [0.5, 0.6) is 0 Å². The third-order valence-corrected chi connectivity index (χ3v) is 5.66. The summed E-state index contributed by atoms with van der Waals surface area (Å²) in [6, 6.07) is 11.0. The van der Waals surface area contributed by atoms with E-state index in [1.165, 1.54) is 21.8 Å². The van der Waals surface area contributed by atoms with Crippen molar-refractivity contribution in [2.24, 2.45) is 5.92 Å². The Hall–Kier alpha value is -3.75. The number of aromatic nitrogens is 6. The number of nitrogens with one attached hydrogen (secondary N) is 1. The van der Waals surface area contributed by atoms with Crippen molar-refractivity contribution in [1.82, 2.24) is 34.4 Å². The second-order valence-corrected chi connectivity index (χ2v) is 7.54. The molecule has 1 amide bonds. The van der Waals surface area contributed by atoms with Crippen LogP contribution in [0.4, 0.5) is 0 Å². The molecule has 0 spiro atoms. The topological polar surface area (TPSA) is 102 Å². The van der Waals surface area contributed by atoms with Gasteiger partial charge in [-0.1, -0.05) is 18.2 Å². The van der Waals surface area contributed by atoms with Gasteiger partial charge in [-0.15, -0.1) is 5.10 Å². The van der Waals surface area contributed by atoms with Gasteiger partial charge in [-0.3, -0.25) is 9.59 Å². The fourth-order valence-corrected chi connectivity index (χ4v) is 4.00. The Balaban J connectivity index is 1.26. The number of H-pyrrole nitrogens is 1. The van der Waals surface area contributed by atoms with Crippen molar-refractivity contribution in [3.63, 3.8) is 0 Å². The summed E-state index contributed by atoms with van der Waals surface area (Å²) in [5.74, 6) is 0.890. The Morgan fingerprint density at radius 3 is 2.77 bits per heavy atom. The van der Waals surface area contributed by atoms with Crippen LogP contribution >= 0.6 is 0 Å². The van der Waals surface area contributed by atoms with Crippen molar-refractivity contribution < 1.29 is 4.79 Å². The molecule has 5 rings (SSSR count). The molecule has 30 heavy (non-hydrogen) atoms. The van der Waals surface area contributed by atoms with Crippen LogP contribution in [0.25, 0.3) is 16.7 Å². The van der Waals surface area contributed by atoms with E-state index >= 15 is 0 Å². The van der Waals surface area contributed by atoms with Gasteiger partial charge in [-0.25, -0.2) is 14.3 Å². The quantitative estimate of drug-likeness (QED) is 0.560. The van der Waals surface area contributed by atoms with E-state index in [0.717, 1.165) is 23.7 Å². The molecule has 0 radical (unpaired) electrons. The van der Waals surface area contributed by atoms with Crippen molar-refractivity contribution in [3.05, 3.63) is 71.2 Å². The zero-order valence-corrected chi connectivity index (χ0v) is 16.3. The van der Waals surface area contributed by atoms with Crippen molar-refractivity contribution in [1.29, 1.82) is 0 Å². The molecule has 9 heteroatoms. The summed E-state index contributed by atoms with van der Waals surface area (Å²) >= 11 is 0. The molecule has 4 heterocycles. The molecule has 4 aromatic rings. The number of hydrogen-bond acceptors (Lipinski definition) is 5. The van der Waals surface area contributed by atoms with Gasteiger partial charge in [0.1, 0.15) is 12.7 Å². The third kappa shape index (κ3) is 3.38. The number of piperidine rings is 1. The first-order chi connectivity index (χ1) is 14.7. The fourth-order valence-electron chi connectivity index (χ4n) is 4.00. The Morgan fingerprint density at radius 1 is 1.13 bits per heavy atom. The first-order valence-corrected chi connectivity index (χ1v) is 9.97. The first kappa shape index (κ1) is 18.3. The van der Waals surface area contributed by atoms with Gasteiger partial charge in [-0.2, -0.15) is 5.10 Å². The van der Waals surface area contributed by atoms with E-state index in [2.05, 4.69) is 20.2 Å². The van der Waals surface area contributed by atoms with Crippen LogP contribution < -0.4 is 5.56 Å². The molecule has 1 aromatic carbocycles. The molecule has 0 aliphatic carbocycles. The van der Waals surface area contributed by atoms with E-state index in [0.29, 0.717) is 31.0 Å². The van der Waals surface area contributed by atoms with Crippen molar-refractivity contribution in [2.75, 3.05) is 13.1 Å². The number of hydrogen-bond donors (Lipinski definition) is 1. The normalized spacial score (nSPS) is 15.0. The number of amides is 1. The van der Waals surface area contributed by atoms with E-state index in [1.54, 1.807) is 18.6 Å². The lowest BCUT2D eigenvalue weighted by Gasteiger charge is -2.32. The second kappa shape index (κ2) is 7.58. The summed E-state index contributed by atoms with van der Waals surface area (Å²) in [5.41, 5.74) is 1.53. The SMILES string of the molecule is O=C(c1c[nH]c2ccccc12)N1CCC(Cn2nc(-n3cncn3)ccc2=O)CC1. The zero-order valence-electron chi connectivity index (χ0n) is 16.3. The number of likely N-dealkylation sites (tertiary alicyclic amines) is 1. The van der Waals surface area contributed by atoms with Crippen LogP contribution in [0.3, 0.4) is 0 Å². The van der Waals surface area contributed by atoms with Crippen LogP contribution in [-0.4, -0.2) is 53.4 Å². The third-order valence-electron chi connectivity index (χ3n) is 5.66. The molecular formula is C21H21N7O2. The predicted molar refractivity (Wildman–Crippen MR) is 110 cm³/mol. The molecule has 1 fully saturated rings. The predicted octanol–water partition coefficient (Wildman–Crippen LogP) is 1.86. The number of carbonyl (C=O) groups excluding carboxylic acids is 1. The van der Waals surface area contributed by atoms with Gasteiger partial charge in [-0.05, 0) is 30.9 Å². The molecule has 0 saturated carbocycles. The van der Waals surface area contributed by atoms with Crippen LogP contribution in [-0.2, 0) is 6.54 Å². The number of rotatable bonds is 4. The number of aromatic amines is 1. The lowest BCUT2D eigenvalue weighted by molar-refractivity contribution is 0.0682. The fraction of sp³-hybridized carbons (Fsp3) is 0.286. The highest BCUT2D eigenvalue weighted by Gasteiger charge is 2.25. The van der Waals surface area contributed by atoms with Crippen LogP contribution in [0.2, 0.25) is 0 Å². The summed E-state index contributed by atoms with van der Waals surface area (Å²) < 4.78 is 3.01. The Morgan fingerprint density at radius 2 is 1.97 bits per heavy atom. The maximum absolute atomic E-state index is 13.0. The minimum absolute atomic E-state index is 0.0503. The number of nitrogens with zero attached hydrogens (tertiary/aromatic N) is 6. The highest BCUT2D eigenvalue weighted by Crippen LogP contribution is 2.24. The summed E-state index contributed by atoms with van der Waals surface area (Å²) in [7, 11) is 0. The van der Waals surface area contributed by atoms with Gasteiger partial charge >= 0.3 is 0 Å².